The lowest BCUT2D eigenvalue weighted by Gasteiger charge is -2.15. The van der Waals surface area contributed by atoms with E-state index in [-0.39, 0.29) is 22.6 Å². The summed E-state index contributed by atoms with van der Waals surface area (Å²) in [7, 11) is -3.53. The highest BCUT2D eigenvalue weighted by atomic mass is 32.2. The van der Waals surface area contributed by atoms with E-state index in [4.69, 9.17) is 0 Å². The Morgan fingerprint density at radius 3 is 2.28 bits per heavy atom. The number of amides is 2. The van der Waals surface area contributed by atoms with E-state index in [2.05, 4.69) is 10.9 Å². The molecule has 0 unspecified atom stereocenters. The molecule has 1 fully saturated rings. The van der Waals surface area contributed by atoms with Crippen molar-refractivity contribution in [3.8, 4) is 5.75 Å². The molecule has 1 saturated heterocycles. The van der Waals surface area contributed by atoms with Crippen molar-refractivity contribution in [3.63, 3.8) is 0 Å². The van der Waals surface area contributed by atoms with E-state index < -0.39 is 21.8 Å². The molecule has 3 rings (SSSR count). The number of hydrogen-bond donors (Lipinski definition) is 3. The molecule has 0 saturated carbocycles. The van der Waals surface area contributed by atoms with Crippen molar-refractivity contribution in [2.75, 3.05) is 13.1 Å². The molecule has 0 radical (unpaired) electrons. The monoisotopic (exact) mass is 417 g/mol. The van der Waals surface area contributed by atoms with Crippen molar-refractivity contribution >= 4 is 21.8 Å². The Hall–Kier alpha value is -2.91. The highest BCUT2D eigenvalue weighted by molar-refractivity contribution is 7.89. The predicted octanol–water partition coefficient (Wildman–Crippen LogP) is 1.57. The van der Waals surface area contributed by atoms with Crippen molar-refractivity contribution < 1.29 is 23.1 Å². The van der Waals surface area contributed by atoms with Gasteiger partial charge in [-0.3, -0.25) is 20.4 Å². The van der Waals surface area contributed by atoms with Crippen LogP contribution in [-0.2, 0) is 21.2 Å². The number of hydrazine groups is 1. The summed E-state index contributed by atoms with van der Waals surface area (Å²) in [6.45, 7) is 1.02. The highest BCUT2D eigenvalue weighted by Gasteiger charge is 2.27. The van der Waals surface area contributed by atoms with E-state index in [1.165, 1.54) is 28.6 Å². The first-order chi connectivity index (χ1) is 13.9. The molecular formula is C20H23N3O5S. The Morgan fingerprint density at radius 2 is 1.62 bits per heavy atom. The van der Waals surface area contributed by atoms with Gasteiger partial charge in [-0.15, -0.1) is 0 Å². The molecule has 1 aliphatic rings. The first-order valence-corrected chi connectivity index (χ1v) is 10.8. The summed E-state index contributed by atoms with van der Waals surface area (Å²) < 4.78 is 26.4. The van der Waals surface area contributed by atoms with Crippen LogP contribution in [0.5, 0.6) is 5.75 Å². The standard InChI is InChI=1S/C20H23N3O5S/c24-18-6-2-1-5-15(18)9-12-19(25)21-22-20(26)16-7-10-17(11-8-16)29(27,28)23-13-3-4-14-23/h1-2,5-8,10-11,24H,3-4,9,12-14H2,(H,21,25)(H,22,26). The summed E-state index contributed by atoms with van der Waals surface area (Å²) in [5.74, 6) is -0.839. The normalized spacial score (nSPS) is 14.5. The van der Waals surface area contributed by atoms with Gasteiger partial charge in [0.05, 0.1) is 4.90 Å². The summed E-state index contributed by atoms with van der Waals surface area (Å²) in [4.78, 5) is 24.2. The Bertz CT molecular complexity index is 983. The van der Waals surface area contributed by atoms with Crippen LogP contribution in [0.4, 0.5) is 0 Å². The first kappa shape index (κ1) is 20.8. The number of para-hydroxylation sites is 1. The number of carbonyl (C=O) groups is 2. The molecule has 154 valence electrons. The lowest BCUT2D eigenvalue weighted by Crippen LogP contribution is -2.41. The number of nitrogens with one attached hydrogen (secondary N) is 2. The Balaban J connectivity index is 1.51. The molecule has 0 atom stereocenters. The lowest BCUT2D eigenvalue weighted by molar-refractivity contribution is -0.121. The van der Waals surface area contributed by atoms with Gasteiger partial charge in [0.15, 0.2) is 0 Å². The van der Waals surface area contributed by atoms with Gasteiger partial charge in [-0.05, 0) is 55.2 Å². The maximum absolute atomic E-state index is 12.5. The molecule has 2 aromatic carbocycles. The third kappa shape index (κ3) is 5.12. The fourth-order valence-electron chi connectivity index (χ4n) is 3.09. The van der Waals surface area contributed by atoms with Crippen LogP contribution in [0.15, 0.2) is 53.4 Å². The fourth-order valence-corrected chi connectivity index (χ4v) is 4.60. The highest BCUT2D eigenvalue weighted by Crippen LogP contribution is 2.21. The number of phenolic OH excluding ortho intramolecular Hbond substituents is 1. The number of aromatic hydroxyl groups is 1. The molecule has 2 amide bonds. The minimum Gasteiger partial charge on any atom is -0.508 e. The summed E-state index contributed by atoms with van der Waals surface area (Å²) in [6, 6.07) is 12.3. The van der Waals surface area contributed by atoms with Crippen LogP contribution in [0, 0.1) is 0 Å². The zero-order valence-corrected chi connectivity index (χ0v) is 16.6. The van der Waals surface area contributed by atoms with Crippen LogP contribution in [0.25, 0.3) is 0 Å². The van der Waals surface area contributed by atoms with Gasteiger partial charge in [0.1, 0.15) is 5.75 Å². The van der Waals surface area contributed by atoms with Gasteiger partial charge in [-0.1, -0.05) is 18.2 Å². The second-order valence-corrected chi connectivity index (χ2v) is 8.70. The number of carbonyl (C=O) groups excluding carboxylic acids is 2. The maximum atomic E-state index is 12.5. The van der Waals surface area contributed by atoms with Gasteiger partial charge >= 0.3 is 0 Å². The topological polar surface area (TPSA) is 116 Å². The van der Waals surface area contributed by atoms with E-state index in [9.17, 15) is 23.1 Å². The molecule has 0 spiro atoms. The molecule has 1 heterocycles. The minimum absolute atomic E-state index is 0.0882. The lowest BCUT2D eigenvalue weighted by atomic mass is 10.1. The van der Waals surface area contributed by atoms with Crippen molar-refractivity contribution in [3.05, 3.63) is 59.7 Å². The van der Waals surface area contributed by atoms with Crippen LogP contribution >= 0.6 is 0 Å². The van der Waals surface area contributed by atoms with E-state index in [1.807, 2.05) is 0 Å². The zero-order valence-electron chi connectivity index (χ0n) is 15.8. The summed E-state index contributed by atoms with van der Waals surface area (Å²) >= 11 is 0. The average molecular weight is 417 g/mol. The third-order valence-corrected chi connectivity index (χ3v) is 6.66. The zero-order chi connectivity index (χ0) is 20.9. The van der Waals surface area contributed by atoms with E-state index in [0.717, 1.165) is 12.8 Å². The van der Waals surface area contributed by atoms with Gasteiger partial charge < -0.3 is 5.11 Å². The van der Waals surface area contributed by atoms with E-state index >= 15 is 0 Å². The van der Waals surface area contributed by atoms with Gasteiger partial charge in [-0.2, -0.15) is 4.31 Å². The van der Waals surface area contributed by atoms with Crippen LogP contribution in [0.1, 0.15) is 35.2 Å². The Labute approximate surface area is 169 Å². The van der Waals surface area contributed by atoms with Crippen molar-refractivity contribution in [1.29, 1.82) is 0 Å². The predicted molar refractivity (Wildman–Crippen MR) is 106 cm³/mol. The van der Waals surface area contributed by atoms with Gasteiger partial charge in [0.2, 0.25) is 15.9 Å². The molecule has 8 nitrogen and oxygen atoms in total. The molecule has 9 heteroatoms. The number of phenols is 1. The van der Waals surface area contributed by atoms with Crippen molar-refractivity contribution in [2.45, 2.75) is 30.6 Å². The Kier molecular flexibility index (Phi) is 6.50. The van der Waals surface area contributed by atoms with E-state index in [0.29, 0.717) is 25.1 Å². The fraction of sp³-hybridized carbons (Fsp3) is 0.300. The SMILES string of the molecule is O=C(CCc1ccccc1O)NNC(=O)c1ccc(S(=O)(=O)N2CCCC2)cc1. The molecule has 0 aliphatic carbocycles. The number of nitrogens with zero attached hydrogens (tertiary/aromatic N) is 1. The second kappa shape index (κ2) is 9.06. The van der Waals surface area contributed by atoms with Crippen molar-refractivity contribution in [2.24, 2.45) is 0 Å². The molecule has 0 aromatic heterocycles. The summed E-state index contributed by atoms with van der Waals surface area (Å²) in [5.41, 5.74) is 5.49. The smallest absolute Gasteiger partial charge is 0.269 e. The average Bonchev–Trinajstić information content (AvgIpc) is 3.27. The van der Waals surface area contributed by atoms with Crippen LogP contribution < -0.4 is 10.9 Å². The summed E-state index contributed by atoms with van der Waals surface area (Å²) in [6.07, 6.45) is 2.12. The quantitative estimate of drug-likeness (QED) is 0.617. The molecule has 29 heavy (non-hydrogen) atoms. The second-order valence-electron chi connectivity index (χ2n) is 6.77. The minimum atomic E-state index is -3.53. The largest absolute Gasteiger partial charge is 0.508 e. The van der Waals surface area contributed by atoms with Gasteiger partial charge in [0, 0.05) is 25.1 Å². The molecule has 3 N–H and O–H groups in total. The van der Waals surface area contributed by atoms with Crippen molar-refractivity contribution in [1.82, 2.24) is 15.2 Å². The van der Waals surface area contributed by atoms with Crippen LogP contribution in [0.2, 0.25) is 0 Å². The number of benzene rings is 2. The number of rotatable bonds is 6. The third-order valence-electron chi connectivity index (χ3n) is 4.75. The Morgan fingerprint density at radius 1 is 0.966 bits per heavy atom. The summed E-state index contributed by atoms with van der Waals surface area (Å²) in [5, 5.41) is 9.69. The molecular weight excluding hydrogens is 394 g/mol. The van der Waals surface area contributed by atoms with Gasteiger partial charge in [-0.25, -0.2) is 8.42 Å². The number of hydrogen-bond acceptors (Lipinski definition) is 5. The molecule has 0 bridgehead atoms. The van der Waals surface area contributed by atoms with Crippen LogP contribution in [0.3, 0.4) is 0 Å². The molecule has 2 aromatic rings. The van der Waals surface area contributed by atoms with Crippen LogP contribution in [-0.4, -0.2) is 42.7 Å². The van der Waals surface area contributed by atoms with E-state index in [1.54, 1.807) is 24.3 Å². The number of sulfonamides is 1. The number of aryl methyl sites for hydroxylation is 1. The first-order valence-electron chi connectivity index (χ1n) is 9.34. The molecule has 1 aliphatic heterocycles. The van der Waals surface area contributed by atoms with Gasteiger partial charge in [0.25, 0.3) is 5.91 Å². The maximum Gasteiger partial charge on any atom is 0.269 e.